The maximum atomic E-state index is 13.9. The largest absolute Gasteiger partial charge is 0.394 e. The Kier molecular flexibility index (Phi) is 5.03. The molecule has 0 radical (unpaired) electrons. The zero-order valence-corrected chi connectivity index (χ0v) is 11.3. The van der Waals surface area contributed by atoms with E-state index in [1.165, 1.54) is 18.2 Å². The van der Waals surface area contributed by atoms with Gasteiger partial charge >= 0.3 is 0 Å². The molecule has 21 heavy (non-hydrogen) atoms. The first-order valence-electron chi connectivity index (χ1n) is 6.54. The average Bonchev–Trinajstić information content (AvgIpc) is 2.53. The molecule has 3 N–H and O–H groups in total. The first-order chi connectivity index (χ1) is 10.1. The van der Waals surface area contributed by atoms with Gasteiger partial charge < -0.3 is 15.5 Å². The number of benzene rings is 2. The predicted octanol–water partition coefficient (Wildman–Crippen LogP) is 1.82. The molecule has 0 aromatic heterocycles. The van der Waals surface area contributed by atoms with Crippen LogP contribution in [-0.4, -0.2) is 35.3 Å². The van der Waals surface area contributed by atoms with Gasteiger partial charge in [-0.3, -0.25) is 4.79 Å². The van der Waals surface area contributed by atoms with Gasteiger partial charge in [0.25, 0.3) is 0 Å². The number of hydrogen-bond acceptors (Lipinski definition) is 4. The molecule has 0 aliphatic rings. The highest BCUT2D eigenvalue weighted by molar-refractivity contribution is 6.12. The molecule has 0 heterocycles. The number of anilines is 1. The minimum atomic E-state index is -1.02. The molecule has 0 fully saturated rings. The summed E-state index contributed by atoms with van der Waals surface area (Å²) >= 11 is 0. The Labute approximate surface area is 121 Å². The maximum Gasteiger partial charge on any atom is 0.195 e. The van der Waals surface area contributed by atoms with Crippen LogP contribution in [0.1, 0.15) is 15.9 Å². The molecule has 0 saturated heterocycles. The van der Waals surface area contributed by atoms with Crippen LogP contribution >= 0.6 is 0 Å². The average molecular weight is 289 g/mol. The van der Waals surface area contributed by atoms with E-state index in [1.54, 1.807) is 30.3 Å². The summed E-state index contributed by atoms with van der Waals surface area (Å²) in [5.41, 5.74) is 0.666. The van der Waals surface area contributed by atoms with Gasteiger partial charge in [-0.2, -0.15) is 0 Å². The lowest BCUT2D eigenvalue weighted by Gasteiger charge is -2.14. The minimum Gasteiger partial charge on any atom is -0.394 e. The summed E-state index contributed by atoms with van der Waals surface area (Å²) in [6.45, 7) is -0.490. The predicted molar refractivity (Wildman–Crippen MR) is 77.9 cm³/mol. The second-order valence-corrected chi connectivity index (χ2v) is 4.57. The highest BCUT2D eigenvalue weighted by atomic mass is 19.1. The van der Waals surface area contributed by atoms with Crippen molar-refractivity contribution < 1.29 is 19.4 Å². The molecule has 0 aliphatic carbocycles. The summed E-state index contributed by atoms with van der Waals surface area (Å²) in [5, 5.41) is 20.8. The zero-order valence-electron chi connectivity index (χ0n) is 11.3. The molecule has 0 bridgehead atoms. The van der Waals surface area contributed by atoms with Gasteiger partial charge in [-0.25, -0.2) is 4.39 Å². The van der Waals surface area contributed by atoms with Crippen LogP contribution in [0.4, 0.5) is 10.1 Å². The van der Waals surface area contributed by atoms with Gasteiger partial charge in [0.15, 0.2) is 5.78 Å². The van der Waals surface area contributed by atoms with E-state index in [1.807, 2.05) is 0 Å². The van der Waals surface area contributed by atoms with Gasteiger partial charge in [-0.15, -0.1) is 0 Å². The smallest absolute Gasteiger partial charge is 0.195 e. The summed E-state index contributed by atoms with van der Waals surface area (Å²) in [5.74, 6) is -0.891. The molecule has 0 amide bonds. The third-order valence-electron chi connectivity index (χ3n) is 3.02. The van der Waals surface area contributed by atoms with E-state index >= 15 is 0 Å². The van der Waals surface area contributed by atoms with Crippen molar-refractivity contribution in [2.24, 2.45) is 0 Å². The SMILES string of the molecule is O=C(c1ccccc1)c1cccc(F)c1NCC(O)CO. The molecule has 0 aliphatic heterocycles. The number of nitrogens with one attached hydrogen (secondary N) is 1. The highest BCUT2D eigenvalue weighted by Crippen LogP contribution is 2.22. The Morgan fingerprint density at radius 1 is 1.14 bits per heavy atom. The number of aliphatic hydroxyl groups excluding tert-OH is 2. The number of ketones is 1. The summed E-state index contributed by atoms with van der Waals surface area (Å²) < 4.78 is 13.9. The van der Waals surface area contributed by atoms with Crippen LogP contribution in [0.3, 0.4) is 0 Å². The number of para-hydroxylation sites is 1. The number of hydrogen-bond donors (Lipinski definition) is 3. The lowest BCUT2D eigenvalue weighted by atomic mass is 10.0. The molecule has 2 rings (SSSR count). The highest BCUT2D eigenvalue weighted by Gasteiger charge is 2.17. The summed E-state index contributed by atoms with van der Waals surface area (Å²) in [4.78, 5) is 12.4. The van der Waals surface area contributed by atoms with E-state index < -0.39 is 18.5 Å². The number of halogens is 1. The Balaban J connectivity index is 2.31. The Morgan fingerprint density at radius 3 is 2.52 bits per heavy atom. The van der Waals surface area contributed by atoms with Crippen LogP contribution in [-0.2, 0) is 0 Å². The first-order valence-corrected chi connectivity index (χ1v) is 6.54. The molecular weight excluding hydrogens is 273 g/mol. The van der Waals surface area contributed by atoms with E-state index in [0.717, 1.165) is 0 Å². The van der Waals surface area contributed by atoms with E-state index in [-0.39, 0.29) is 23.6 Å². The lowest BCUT2D eigenvalue weighted by Crippen LogP contribution is -2.24. The van der Waals surface area contributed by atoms with Crippen molar-refractivity contribution in [3.8, 4) is 0 Å². The third kappa shape index (κ3) is 3.65. The van der Waals surface area contributed by atoms with Crippen LogP contribution in [0.2, 0.25) is 0 Å². The van der Waals surface area contributed by atoms with E-state index in [2.05, 4.69) is 5.32 Å². The second-order valence-electron chi connectivity index (χ2n) is 4.57. The normalized spacial score (nSPS) is 12.0. The maximum absolute atomic E-state index is 13.9. The summed E-state index contributed by atoms with van der Waals surface area (Å²) in [7, 11) is 0. The van der Waals surface area contributed by atoms with E-state index in [0.29, 0.717) is 5.56 Å². The lowest BCUT2D eigenvalue weighted by molar-refractivity contribution is 0.103. The van der Waals surface area contributed by atoms with Crippen molar-refractivity contribution in [3.63, 3.8) is 0 Å². The van der Waals surface area contributed by atoms with Crippen molar-refractivity contribution in [1.82, 2.24) is 0 Å². The standard InChI is InChI=1S/C16H16FNO3/c17-14-8-4-7-13(15(14)18-9-12(20)10-19)16(21)11-5-2-1-3-6-11/h1-8,12,18-20H,9-10H2. The molecule has 4 nitrogen and oxygen atoms in total. The van der Waals surface area contributed by atoms with Gasteiger partial charge in [0.2, 0.25) is 0 Å². The molecule has 1 atom stereocenters. The topological polar surface area (TPSA) is 69.6 Å². The minimum absolute atomic E-state index is 0.0267. The van der Waals surface area contributed by atoms with Gasteiger partial charge in [-0.05, 0) is 12.1 Å². The Hall–Kier alpha value is -2.24. The van der Waals surface area contributed by atoms with Crippen LogP contribution < -0.4 is 5.32 Å². The van der Waals surface area contributed by atoms with Crippen molar-refractivity contribution in [1.29, 1.82) is 0 Å². The number of aliphatic hydroxyl groups is 2. The van der Waals surface area contributed by atoms with Crippen LogP contribution in [0.15, 0.2) is 48.5 Å². The molecule has 5 heteroatoms. The molecular formula is C16H16FNO3. The third-order valence-corrected chi connectivity index (χ3v) is 3.02. The molecule has 0 spiro atoms. The number of carbonyl (C=O) groups is 1. The van der Waals surface area contributed by atoms with Crippen molar-refractivity contribution in [3.05, 3.63) is 65.5 Å². The quantitative estimate of drug-likeness (QED) is 0.710. The number of rotatable bonds is 6. The fourth-order valence-corrected chi connectivity index (χ4v) is 1.92. The van der Waals surface area contributed by atoms with Crippen LogP contribution in [0.25, 0.3) is 0 Å². The van der Waals surface area contributed by atoms with E-state index in [9.17, 15) is 14.3 Å². The van der Waals surface area contributed by atoms with Crippen LogP contribution in [0, 0.1) is 5.82 Å². The fraction of sp³-hybridized carbons (Fsp3) is 0.188. The molecule has 2 aromatic carbocycles. The Bertz CT molecular complexity index is 616. The fourth-order valence-electron chi connectivity index (χ4n) is 1.92. The van der Waals surface area contributed by atoms with Gasteiger partial charge in [0.1, 0.15) is 5.82 Å². The molecule has 1 unspecified atom stereocenters. The van der Waals surface area contributed by atoms with Crippen molar-refractivity contribution >= 4 is 11.5 Å². The summed E-state index contributed by atoms with van der Waals surface area (Å²) in [6, 6.07) is 12.8. The van der Waals surface area contributed by atoms with Crippen LogP contribution in [0.5, 0.6) is 0 Å². The summed E-state index contributed by atoms with van der Waals surface area (Å²) in [6.07, 6.45) is -1.02. The Morgan fingerprint density at radius 2 is 1.86 bits per heavy atom. The first kappa shape index (κ1) is 15.2. The van der Waals surface area contributed by atoms with Crippen molar-refractivity contribution in [2.75, 3.05) is 18.5 Å². The number of carbonyl (C=O) groups excluding carboxylic acids is 1. The molecule has 110 valence electrons. The van der Waals surface area contributed by atoms with Crippen molar-refractivity contribution in [2.45, 2.75) is 6.10 Å². The second kappa shape index (κ2) is 6.97. The van der Waals surface area contributed by atoms with Gasteiger partial charge in [-0.1, -0.05) is 36.4 Å². The molecule has 2 aromatic rings. The van der Waals surface area contributed by atoms with E-state index in [4.69, 9.17) is 5.11 Å². The molecule has 0 saturated carbocycles. The zero-order chi connectivity index (χ0) is 15.2. The van der Waals surface area contributed by atoms with Gasteiger partial charge in [0.05, 0.1) is 18.4 Å². The monoisotopic (exact) mass is 289 g/mol. The van der Waals surface area contributed by atoms with Gasteiger partial charge in [0, 0.05) is 17.7 Å².